The van der Waals surface area contributed by atoms with Crippen molar-refractivity contribution in [1.29, 1.82) is 0 Å². The smallest absolute Gasteiger partial charge is 0.251 e. The Bertz CT molecular complexity index is 489. The van der Waals surface area contributed by atoms with Crippen LogP contribution in [0.5, 0.6) is 0 Å². The van der Waals surface area contributed by atoms with Gasteiger partial charge in [-0.05, 0) is 62.4 Å². The summed E-state index contributed by atoms with van der Waals surface area (Å²) in [6, 6.07) is 8.54. The summed E-state index contributed by atoms with van der Waals surface area (Å²) in [4.78, 5) is 14.9. The lowest BCUT2D eigenvalue weighted by Crippen LogP contribution is -2.57. The Balaban J connectivity index is 1.53. The second-order valence-electron chi connectivity index (χ2n) is 6.87. The molecule has 0 saturated carbocycles. The number of fused-ring (bicyclic) bond motifs is 3. The normalized spacial score (nSPS) is 26.9. The van der Waals surface area contributed by atoms with Crippen molar-refractivity contribution in [3.05, 3.63) is 35.4 Å². The molecule has 2 bridgehead atoms. The molecule has 1 N–H and O–H groups in total. The molecule has 22 heavy (non-hydrogen) atoms. The summed E-state index contributed by atoms with van der Waals surface area (Å²) < 4.78 is 0. The van der Waals surface area contributed by atoms with Crippen molar-refractivity contribution < 1.29 is 4.79 Å². The fourth-order valence-electron chi connectivity index (χ4n) is 3.78. The van der Waals surface area contributed by atoms with Crippen LogP contribution < -0.4 is 5.32 Å². The van der Waals surface area contributed by atoms with Crippen LogP contribution in [0.3, 0.4) is 0 Å². The first-order valence-electron chi connectivity index (χ1n) is 8.88. The van der Waals surface area contributed by atoms with Crippen LogP contribution in [-0.4, -0.2) is 36.5 Å². The molecule has 3 nitrogen and oxygen atoms in total. The predicted molar refractivity (Wildman–Crippen MR) is 90.1 cm³/mol. The molecule has 3 fully saturated rings. The van der Waals surface area contributed by atoms with Gasteiger partial charge < -0.3 is 10.2 Å². The molecule has 1 atom stereocenters. The number of amides is 1. The molecule has 1 aromatic rings. The van der Waals surface area contributed by atoms with Crippen LogP contribution in [0.15, 0.2) is 24.3 Å². The number of benzene rings is 1. The van der Waals surface area contributed by atoms with E-state index in [2.05, 4.69) is 29.3 Å². The van der Waals surface area contributed by atoms with Gasteiger partial charge in [0.15, 0.2) is 0 Å². The van der Waals surface area contributed by atoms with Crippen molar-refractivity contribution in [1.82, 2.24) is 10.2 Å². The third-order valence-corrected chi connectivity index (χ3v) is 5.26. The van der Waals surface area contributed by atoms with Gasteiger partial charge in [0, 0.05) is 18.2 Å². The number of nitrogens with one attached hydrogen (secondary N) is 1. The minimum Gasteiger partial charge on any atom is -0.348 e. The van der Waals surface area contributed by atoms with Crippen LogP contribution in [0, 0.1) is 5.92 Å². The highest BCUT2D eigenvalue weighted by Crippen LogP contribution is 2.27. The fraction of sp³-hybridized carbons (Fsp3) is 0.632. The first kappa shape index (κ1) is 15.5. The van der Waals surface area contributed by atoms with Crippen molar-refractivity contribution in [3.8, 4) is 0 Å². The molecule has 3 aliphatic rings. The maximum atomic E-state index is 12.4. The van der Waals surface area contributed by atoms with Crippen molar-refractivity contribution in [3.63, 3.8) is 0 Å². The maximum absolute atomic E-state index is 12.4. The predicted octanol–water partition coefficient (Wildman–Crippen LogP) is 3.24. The van der Waals surface area contributed by atoms with E-state index in [1.165, 1.54) is 50.8 Å². The largest absolute Gasteiger partial charge is 0.348 e. The molecule has 4 rings (SSSR count). The van der Waals surface area contributed by atoms with Gasteiger partial charge in [0.05, 0.1) is 0 Å². The molecule has 120 valence electrons. The molecule has 1 unspecified atom stereocenters. The molecule has 1 amide bonds. The number of aryl methyl sites for hydroxylation is 1. The second-order valence-corrected chi connectivity index (χ2v) is 6.87. The Hall–Kier alpha value is -1.35. The lowest BCUT2D eigenvalue weighted by atomic mass is 9.84. The van der Waals surface area contributed by atoms with E-state index in [4.69, 9.17) is 0 Å². The number of carbonyl (C=O) groups excluding carboxylic acids is 1. The number of piperidine rings is 3. The average molecular weight is 300 g/mol. The SMILES string of the molecule is CCCCCc1ccc(C(=O)NC2CN3CCC2CC3)cc1. The van der Waals surface area contributed by atoms with Crippen molar-refractivity contribution in [2.45, 2.75) is 51.5 Å². The molecule has 3 aliphatic heterocycles. The summed E-state index contributed by atoms with van der Waals surface area (Å²) in [6.45, 7) is 5.68. The van der Waals surface area contributed by atoms with Crippen LogP contribution in [0.4, 0.5) is 0 Å². The van der Waals surface area contributed by atoms with E-state index in [0.717, 1.165) is 18.5 Å². The molecule has 1 aromatic carbocycles. The molecule has 0 aromatic heterocycles. The highest BCUT2D eigenvalue weighted by molar-refractivity contribution is 5.94. The Labute approximate surface area is 134 Å². The standard InChI is InChI=1S/C19H28N2O/c1-2-3-4-5-15-6-8-17(9-7-15)19(22)20-18-14-21-12-10-16(18)11-13-21/h6-9,16,18H,2-5,10-14H2,1H3,(H,20,22). The molecule has 0 aliphatic carbocycles. The Morgan fingerprint density at radius 3 is 2.50 bits per heavy atom. The fourth-order valence-corrected chi connectivity index (χ4v) is 3.78. The van der Waals surface area contributed by atoms with Gasteiger partial charge in [-0.25, -0.2) is 0 Å². The zero-order valence-electron chi connectivity index (χ0n) is 13.7. The van der Waals surface area contributed by atoms with Gasteiger partial charge >= 0.3 is 0 Å². The van der Waals surface area contributed by atoms with Gasteiger partial charge in [0.2, 0.25) is 0 Å². The van der Waals surface area contributed by atoms with Crippen molar-refractivity contribution in [2.24, 2.45) is 5.92 Å². The summed E-state index contributed by atoms with van der Waals surface area (Å²) in [5, 5.41) is 3.26. The maximum Gasteiger partial charge on any atom is 0.251 e. The van der Waals surface area contributed by atoms with Crippen LogP contribution in [0.1, 0.15) is 54.9 Å². The van der Waals surface area contributed by atoms with E-state index in [9.17, 15) is 4.79 Å². The second kappa shape index (κ2) is 7.28. The molecule has 3 heterocycles. The molecule has 3 saturated heterocycles. The molecular formula is C19H28N2O. The third kappa shape index (κ3) is 3.70. The lowest BCUT2D eigenvalue weighted by molar-refractivity contribution is 0.0620. The summed E-state index contributed by atoms with van der Waals surface area (Å²) >= 11 is 0. The number of nitrogens with zero attached hydrogens (tertiary/aromatic N) is 1. The van der Waals surface area contributed by atoms with E-state index in [1.54, 1.807) is 0 Å². The summed E-state index contributed by atoms with van der Waals surface area (Å²) in [7, 11) is 0. The van der Waals surface area contributed by atoms with Crippen LogP contribution in [0.25, 0.3) is 0 Å². The lowest BCUT2D eigenvalue weighted by Gasteiger charge is -2.44. The van der Waals surface area contributed by atoms with Crippen LogP contribution in [-0.2, 0) is 6.42 Å². The molecule has 0 radical (unpaired) electrons. The van der Waals surface area contributed by atoms with Gasteiger partial charge in [0.25, 0.3) is 5.91 Å². The van der Waals surface area contributed by atoms with Crippen LogP contribution in [0.2, 0.25) is 0 Å². The number of unbranched alkanes of at least 4 members (excludes halogenated alkanes) is 2. The molecule has 0 spiro atoms. The summed E-state index contributed by atoms with van der Waals surface area (Å²) in [6.07, 6.45) is 7.36. The van der Waals surface area contributed by atoms with Crippen LogP contribution >= 0.6 is 0 Å². The van der Waals surface area contributed by atoms with Gasteiger partial charge in [-0.2, -0.15) is 0 Å². The number of rotatable bonds is 6. The van der Waals surface area contributed by atoms with E-state index in [1.807, 2.05) is 12.1 Å². The third-order valence-electron chi connectivity index (χ3n) is 5.26. The van der Waals surface area contributed by atoms with Gasteiger partial charge in [-0.1, -0.05) is 31.9 Å². The van der Waals surface area contributed by atoms with E-state index < -0.39 is 0 Å². The highest BCUT2D eigenvalue weighted by Gasteiger charge is 2.34. The minimum absolute atomic E-state index is 0.0962. The summed E-state index contributed by atoms with van der Waals surface area (Å²) in [5.41, 5.74) is 2.14. The zero-order valence-corrected chi connectivity index (χ0v) is 13.7. The minimum atomic E-state index is 0.0962. The zero-order chi connectivity index (χ0) is 15.4. The number of hydrogen-bond acceptors (Lipinski definition) is 2. The van der Waals surface area contributed by atoms with Gasteiger partial charge in [0.1, 0.15) is 0 Å². The van der Waals surface area contributed by atoms with E-state index in [0.29, 0.717) is 12.0 Å². The van der Waals surface area contributed by atoms with Gasteiger partial charge in [-0.3, -0.25) is 4.79 Å². The van der Waals surface area contributed by atoms with E-state index in [-0.39, 0.29) is 5.91 Å². The Morgan fingerprint density at radius 2 is 1.91 bits per heavy atom. The topological polar surface area (TPSA) is 32.3 Å². The molecular weight excluding hydrogens is 272 g/mol. The quantitative estimate of drug-likeness (QED) is 0.818. The number of carbonyl (C=O) groups is 1. The average Bonchev–Trinajstić information content (AvgIpc) is 2.57. The molecule has 3 heteroatoms. The monoisotopic (exact) mass is 300 g/mol. The first-order valence-corrected chi connectivity index (χ1v) is 8.88. The van der Waals surface area contributed by atoms with Gasteiger partial charge in [-0.15, -0.1) is 0 Å². The Morgan fingerprint density at radius 1 is 1.18 bits per heavy atom. The number of hydrogen-bond donors (Lipinski definition) is 1. The van der Waals surface area contributed by atoms with Crippen molar-refractivity contribution >= 4 is 5.91 Å². The Kier molecular flexibility index (Phi) is 5.14. The highest BCUT2D eigenvalue weighted by atomic mass is 16.1. The first-order chi connectivity index (χ1) is 10.8. The summed E-state index contributed by atoms with van der Waals surface area (Å²) in [5.74, 6) is 0.779. The van der Waals surface area contributed by atoms with E-state index >= 15 is 0 Å². The van der Waals surface area contributed by atoms with Crippen molar-refractivity contribution in [2.75, 3.05) is 19.6 Å².